The molecule has 0 aromatic carbocycles. The van der Waals surface area contributed by atoms with Gasteiger partial charge in [-0.2, -0.15) is 0 Å². The third-order valence-electron chi connectivity index (χ3n) is 1.07. The smallest absolute Gasteiger partial charge is 0.125 e. The van der Waals surface area contributed by atoms with Crippen LogP contribution < -0.4 is 0 Å². The Morgan fingerprint density at radius 3 is 2.62 bits per heavy atom. The van der Waals surface area contributed by atoms with Gasteiger partial charge in [0.25, 0.3) is 0 Å². The van der Waals surface area contributed by atoms with Gasteiger partial charge < -0.3 is 0 Å². The molecule has 0 atom stereocenters. The zero-order valence-corrected chi connectivity index (χ0v) is 5.26. The van der Waals surface area contributed by atoms with Gasteiger partial charge in [-0.25, -0.2) is 4.99 Å². The van der Waals surface area contributed by atoms with Crippen molar-refractivity contribution in [1.82, 2.24) is 0 Å². The molecule has 0 radical (unpaired) electrons. The predicted octanol–water partition coefficient (Wildman–Crippen LogP) is 1.13. The molecule has 0 spiro atoms. The van der Waals surface area contributed by atoms with Gasteiger partial charge in [-0.15, -0.1) is 0 Å². The summed E-state index contributed by atoms with van der Waals surface area (Å²) >= 11 is 0. The van der Waals surface area contributed by atoms with Crippen LogP contribution in [0.4, 0.5) is 0 Å². The topological polar surface area (TPSA) is 24.7 Å². The first-order valence-electron chi connectivity index (χ1n) is 2.87. The summed E-state index contributed by atoms with van der Waals surface area (Å²) in [7, 11) is 0. The highest BCUT2D eigenvalue weighted by molar-refractivity contribution is 5.95. The summed E-state index contributed by atoms with van der Waals surface area (Å²) in [4.78, 5) is 8.19. The van der Waals surface area contributed by atoms with E-state index in [4.69, 9.17) is 0 Å². The highest BCUT2D eigenvalue weighted by atomic mass is 15.0. The normalized spacial score (nSPS) is 17.6. The average Bonchev–Trinajstić information content (AvgIpc) is 2.12. The molecule has 2 heteroatoms. The number of nitrogens with zero attached hydrogens (tertiary/aromatic N) is 2. The summed E-state index contributed by atoms with van der Waals surface area (Å²) in [5.74, 6) is 1.48. The Morgan fingerprint density at radius 2 is 2.38 bits per heavy atom. The first-order chi connectivity index (χ1) is 3.80. The van der Waals surface area contributed by atoms with Gasteiger partial charge in [-0.1, -0.05) is 13.8 Å². The molecule has 2 nitrogen and oxygen atoms in total. The van der Waals surface area contributed by atoms with E-state index < -0.39 is 0 Å². The van der Waals surface area contributed by atoms with E-state index in [1.165, 1.54) is 0 Å². The third kappa shape index (κ3) is 0.941. The largest absolute Gasteiger partial charge is 0.265 e. The average molecular weight is 110 g/mol. The van der Waals surface area contributed by atoms with Crippen LogP contribution in [0.15, 0.2) is 9.98 Å². The summed E-state index contributed by atoms with van der Waals surface area (Å²) < 4.78 is 0. The van der Waals surface area contributed by atoms with Crippen LogP contribution in [0, 0.1) is 5.92 Å². The van der Waals surface area contributed by atoms with E-state index in [1.807, 2.05) is 6.21 Å². The van der Waals surface area contributed by atoms with Crippen molar-refractivity contribution in [1.29, 1.82) is 0 Å². The lowest BCUT2D eigenvalue weighted by molar-refractivity contribution is 0.874. The van der Waals surface area contributed by atoms with Crippen molar-refractivity contribution < 1.29 is 0 Å². The van der Waals surface area contributed by atoms with Crippen LogP contribution in [0.25, 0.3) is 0 Å². The number of amidine groups is 1. The Morgan fingerprint density at radius 1 is 1.62 bits per heavy atom. The van der Waals surface area contributed by atoms with Crippen LogP contribution in [0.3, 0.4) is 0 Å². The van der Waals surface area contributed by atoms with E-state index in [-0.39, 0.29) is 0 Å². The van der Waals surface area contributed by atoms with Crippen LogP contribution in [-0.2, 0) is 0 Å². The molecule has 0 amide bonds. The van der Waals surface area contributed by atoms with Crippen LogP contribution in [-0.4, -0.2) is 18.6 Å². The quantitative estimate of drug-likeness (QED) is 0.483. The lowest BCUT2D eigenvalue weighted by Gasteiger charge is -1.96. The molecule has 0 aromatic heterocycles. The van der Waals surface area contributed by atoms with Crippen LogP contribution in [0.1, 0.15) is 13.8 Å². The fourth-order valence-corrected chi connectivity index (χ4v) is 0.641. The number of aliphatic imine (C=N–C) groups is 2. The minimum absolute atomic E-state index is 0.494. The molecular formula is C6H10N2. The second kappa shape index (κ2) is 2.07. The van der Waals surface area contributed by atoms with Crippen molar-refractivity contribution in [2.45, 2.75) is 13.8 Å². The van der Waals surface area contributed by atoms with Crippen LogP contribution in [0.2, 0.25) is 0 Å². The van der Waals surface area contributed by atoms with Crippen molar-refractivity contribution in [3.63, 3.8) is 0 Å². The van der Waals surface area contributed by atoms with Gasteiger partial charge in [0, 0.05) is 12.1 Å². The van der Waals surface area contributed by atoms with E-state index in [0.717, 1.165) is 12.4 Å². The molecule has 0 N–H and O–H groups in total. The zero-order chi connectivity index (χ0) is 5.98. The monoisotopic (exact) mass is 110 g/mol. The maximum Gasteiger partial charge on any atom is 0.125 e. The van der Waals surface area contributed by atoms with Crippen molar-refractivity contribution >= 4 is 12.1 Å². The minimum atomic E-state index is 0.494. The number of rotatable bonds is 1. The SMILES string of the molecule is CC(C)C1=NCC=N1. The molecule has 0 bridgehead atoms. The van der Waals surface area contributed by atoms with E-state index in [1.54, 1.807) is 0 Å². The summed E-state index contributed by atoms with van der Waals surface area (Å²) in [5.41, 5.74) is 0. The molecule has 0 saturated carbocycles. The number of hydrogen-bond donors (Lipinski definition) is 0. The van der Waals surface area contributed by atoms with Gasteiger partial charge in [-0.3, -0.25) is 4.99 Å². The third-order valence-corrected chi connectivity index (χ3v) is 1.07. The first-order valence-corrected chi connectivity index (χ1v) is 2.87. The second-order valence-corrected chi connectivity index (χ2v) is 2.17. The fourth-order valence-electron chi connectivity index (χ4n) is 0.641. The van der Waals surface area contributed by atoms with E-state index in [9.17, 15) is 0 Å². The van der Waals surface area contributed by atoms with Gasteiger partial charge in [0.05, 0.1) is 6.54 Å². The molecule has 1 aliphatic rings. The van der Waals surface area contributed by atoms with Crippen LogP contribution >= 0.6 is 0 Å². The summed E-state index contributed by atoms with van der Waals surface area (Å²) in [5, 5.41) is 0. The van der Waals surface area contributed by atoms with E-state index in [0.29, 0.717) is 5.92 Å². The fraction of sp³-hybridized carbons (Fsp3) is 0.667. The lowest BCUT2D eigenvalue weighted by Crippen LogP contribution is -2.00. The highest BCUT2D eigenvalue weighted by Crippen LogP contribution is 2.00. The summed E-state index contributed by atoms with van der Waals surface area (Å²) in [6.07, 6.45) is 1.84. The maximum absolute atomic E-state index is 4.13. The highest BCUT2D eigenvalue weighted by Gasteiger charge is 2.03. The Labute approximate surface area is 49.3 Å². The van der Waals surface area contributed by atoms with Crippen LogP contribution in [0.5, 0.6) is 0 Å². The summed E-state index contributed by atoms with van der Waals surface area (Å²) in [6, 6.07) is 0. The van der Waals surface area contributed by atoms with Gasteiger partial charge in [0.15, 0.2) is 0 Å². The maximum atomic E-state index is 4.13. The second-order valence-electron chi connectivity index (χ2n) is 2.17. The molecule has 0 saturated heterocycles. The van der Waals surface area contributed by atoms with Gasteiger partial charge in [-0.05, 0) is 0 Å². The van der Waals surface area contributed by atoms with E-state index >= 15 is 0 Å². The van der Waals surface area contributed by atoms with E-state index in [2.05, 4.69) is 23.8 Å². The Bertz CT molecular complexity index is 133. The van der Waals surface area contributed by atoms with Gasteiger partial charge >= 0.3 is 0 Å². The molecule has 1 aliphatic heterocycles. The van der Waals surface area contributed by atoms with Crippen molar-refractivity contribution in [3.8, 4) is 0 Å². The molecule has 1 heterocycles. The molecular weight excluding hydrogens is 100 g/mol. The van der Waals surface area contributed by atoms with Gasteiger partial charge in [0.1, 0.15) is 5.84 Å². The lowest BCUT2D eigenvalue weighted by atomic mass is 10.2. The van der Waals surface area contributed by atoms with Crippen molar-refractivity contribution in [2.24, 2.45) is 15.9 Å². The zero-order valence-electron chi connectivity index (χ0n) is 5.26. The molecule has 0 aliphatic carbocycles. The standard InChI is InChI=1S/C6H10N2/c1-5(2)6-7-3-4-8-6/h3,5H,4H2,1-2H3. The molecule has 1 rings (SSSR count). The molecule has 0 aromatic rings. The van der Waals surface area contributed by atoms with Crippen molar-refractivity contribution in [3.05, 3.63) is 0 Å². The molecule has 0 fully saturated rings. The van der Waals surface area contributed by atoms with Gasteiger partial charge in [0.2, 0.25) is 0 Å². The minimum Gasteiger partial charge on any atom is -0.265 e. The molecule has 44 valence electrons. The van der Waals surface area contributed by atoms with Crippen molar-refractivity contribution in [2.75, 3.05) is 6.54 Å². The Hall–Kier alpha value is -0.660. The molecule has 0 unspecified atom stereocenters. The number of hydrogen-bond acceptors (Lipinski definition) is 2. The Balaban J connectivity index is 2.58. The Kier molecular flexibility index (Phi) is 1.42. The first kappa shape index (κ1) is 5.48. The predicted molar refractivity (Wildman–Crippen MR) is 35.6 cm³/mol. The summed E-state index contributed by atoms with van der Waals surface area (Å²) in [6.45, 7) is 4.98. The molecule has 8 heavy (non-hydrogen) atoms.